The summed E-state index contributed by atoms with van der Waals surface area (Å²) in [5.41, 5.74) is 1.16. The number of hydrogen-bond acceptors (Lipinski definition) is 0. The monoisotopic (exact) mass is 151 g/mol. The Morgan fingerprint density at radius 2 is 2.30 bits per heavy atom. The van der Waals surface area contributed by atoms with Gasteiger partial charge in [0.15, 0.2) is 0 Å². The predicted molar refractivity (Wildman–Crippen MR) is 44.0 cm³/mol. The standard InChI is InChI=1S/C9H8Cl/c1-2-4-8-5-3-6-9(10)7-8/h3,5-7H,1,4H2. The van der Waals surface area contributed by atoms with Gasteiger partial charge in [-0.15, -0.1) is 0 Å². The van der Waals surface area contributed by atoms with Crippen LogP contribution in [-0.4, -0.2) is 0 Å². The molecule has 0 bridgehead atoms. The molecule has 0 nitrogen and oxygen atoms in total. The van der Waals surface area contributed by atoms with Gasteiger partial charge in [-0.25, -0.2) is 0 Å². The summed E-state index contributed by atoms with van der Waals surface area (Å²) >= 11 is 5.73. The van der Waals surface area contributed by atoms with Gasteiger partial charge in [0.1, 0.15) is 0 Å². The van der Waals surface area contributed by atoms with E-state index in [0.29, 0.717) is 0 Å². The Bertz CT molecular complexity index is 228. The Morgan fingerprint density at radius 3 is 2.90 bits per heavy atom. The number of allylic oxidation sites excluding steroid dienone is 1. The molecule has 0 aliphatic carbocycles. The minimum Gasteiger partial charge on any atom is -0.0952 e. The molecule has 1 heteroatoms. The highest BCUT2D eigenvalue weighted by Crippen LogP contribution is 2.10. The predicted octanol–water partition coefficient (Wildman–Crippen LogP) is 2.87. The summed E-state index contributed by atoms with van der Waals surface area (Å²) in [6, 6.07) is 7.70. The van der Waals surface area contributed by atoms with Gasteiger partial charge in [-0.05, 0) is 30.2 Å². The van der Waals surface area contributed by atoms with E-state index in [1.165, 1.54) is 0 Å². The molecule has 0 fully saturated rings. The number of benzene rings is 1. The molecule has 0 heterocycles. The molecule has 0 N–H and O–H groups in total. The minimum absolute atomic E-state index is 0.764. The second kappa shape index (κ2) is 3.43. The smallest absolute Gasteiger partial charge is 0.0408 e. The van der Waals surface area contributed by atoms with Crippen LogP contribution in [0.4, 0.5) is 0 Å². The molecule has 0 aromatic heterocycles. The van der Waals surface area contributed by atoms with Crippen molar-refractivity contribution in [2.45, 2.75) is 6.42 Å². The molecule has 51 valence electrons. The normalized spacial score (nSPS) is 9.30. The molecule has 1 rings (SSSR count). The Hall–Kier alpha value is -0.750. The lowest BCUT2D eigenvalue weighted by Gasteiger charge is -1.94. The van der Waals surface area contributed by atoms with Gasteiger partial charge in [-0.3, -0.25) is 0 Å². The van der Waals surface area contributed by atoms with Crippen LogP contribution in [-0.2, 0) is 6.42 Å². The largest absolute Gasteiger partial charge is 0.0952 e. The van der Waals surface area contributed by atoms with Gasteiger partial charge in [-0.2, -0.15) is 0 Å². The third-order valence-electron chi connectivity index (χ3n) is 1.22. The first kappa shape index (κ1) is 7.36. The molecule has 0 spiro atoms. The zero-order valence-electron chi connectivity index (χ0n) is 5.60. The van der Waals surface area contributed by atoms with E-state index in [2.05, 4.69) is 12.7 Å². The van der Waals surface area contributed by atoms with E-state index >= 15 is 0 Å². The van der Waals surface area contributed by atoms with E-state index in [0.717, 1.165) is 17.0 Å². The van der Waals surface area contributed by atoms with Gasteiger partial charge in [0, 0.05) is 5.02 Å². The van der Waals surface area contributed by atoms with Crippen molar-refractivity contribution in [2.24, 2.45) is 0 Å². The third kappa shape index (κ3) is 1.89. The molecule has 0 saturated heterocycles. The third-order valence-corrected chi connectivity index (χ3v) is 1.45. The van der Waals surface area contributed by atoms with E-state index in [4.69, 9.17) is 11.6 Å². The Kier molecular flexibility index (Phi) is 2.52. The highest BCUT2D eigenvalue weighted by molar-refractivity contribution is 6.30. The maximum atomic E-state index is 5.73. The van der Waals surface area contributed by atoms with Crippen LogP contribution >= 0.6 is 11.6 Å². The van der Waals surface area contributed by atoms with Crippen LogP contribution in [0.25, 0.3) is 0 Å². The average Bonchev–Trinajstić information content (AvgIpc) is 1.88. The number of hydrogen-bond donors (Lipinski definition) is 0. The highest BCUT2D eigenvalue weighted by Gasteiger charge is 1.89. The van der Waals surface area contributed by atoms with Crippen LogP contribution in [0.3, 0.4) is 0 Å². The van der Waals surface area contributed by atoms with Crippen molar-refractivity contribution in [1.82, 2.24) is 0 Å². The summed E-state index contributed by atoms with van der Waals surface area (Å²) in [6.07, 6.45) is 3.57. The van der Waals surface area contributed by atoms with Crippen LogP contribution < -0.4 is 0 Å². The first-order valence-corrected chi connectivity index (χ1v) is 3.45. The number of rotatable bonds is 2. The summed E-state index contributed by atoms with van der Waals surface area (Å²) in [7, 11) is 0. The van der Waals surface area contributed by atoms with Gasteiger partial charge in [-0.1, -0.05) is 30.3 Å². The van der Waals surface area contributed by atoms with Gasteiger partial charge in [0.25, 0.3) is 0 Å². The molecule has 0 aliphatic rings. The van der Waals surface area contributed by atoms with Gasteiger partial charge < -0.3 is 0 Å². The summed E-state index contributed by atoms with van der Waals surface area (Å²) in [5, 5.41) is 0.771. The fourth-order valence-electron chi connectivity index (χ4n) is 0.791. The first-order chi connectivity index (χ1) is 4.83. The van der Waals surface area contributed by atoms with Crippen molar-refractivity contribution in [2.75, 3.05) is 0 Å². The maximum Gasteiger partial charge on any atom is 0.0408 e. The topological polar surface area (TPSA) is 0 Å². The van der Waals surface area contributed by atoms with Gasteiger partial charge >= 0.3 is 0 Å². The summed E-state index contributed by atoms with van der Waals surface area (Å²) in [5.74, 6) is 0. The SMILES string of the molecule is C=[C]Cc1cccc(Cl)c1. The molecule has 0 saturated carbocycles. The zero-order chi connectivity index (χ0) is 7.40. The van der Waals surface area contributed by atoms with E-state index in [1.54, 1.807) is 0 Å². The van der Waals surface area contributed by atoms with E-state index in [9.17, 15) is 0 Å². The van der Waals surface area contributed by atoms with Crippen LogP contribution in [0.2, 0.25) is 5.02 Å². The fourth-order valence-corrected chi connectivity index (χ4v) is 1.00. The van der Waals surface area contributed by atoms with Gasteiger partial charge in [0.2, 0.25) is 0 Å². The summed E-state index contributed by atoms with van der Waals surface area (Å²) < 4.78 is 0. The quantitative estimate of drug-likeness (QED) is 0.610. The van der Waals surface area contributed by atoms with Crippen LogP contribution in [0.1, 0.15) is 5.56 Å². The molecular formula is C9H8Cl. The average molecular weight is 152 g/mol. The Balaban J connectivity index is 2.84. The van der Waals surface area contributed by atoms with Gasteiger partial charge in [0.05, 0.1) is 0 Å². The van der Waals surface area contributed by atoms with Crippen molar-refractivity contribution in [1.29, 1.82) is 0 Å². The molecule has 1 aromatic carbocycles. The lowest BCUT2D eigenvalue weighted by atomic mass is 10.2. The fraction of sp³-hybridized carbons (Fsp3) is 0.111. The Morgan fingerprint density at radius 1 is 1.50 bits per heavy atom. The Labute approximate surface area is 66.1 Å². The molecule has 10 heavy (non-hydrogen) atoms. The molecule has 1 aromatic rings. The molecule has 0 amide bonds. The lowest BCUT2D eigenvalue weighted by Crippen LogP contribution is -1.78. The second-order valence-electron chi connectivity index (χ2n) is 2.06. The first-order valence-electron chi connectivity index (χ1n) is 3.07. The molecular weight excluding hydrogens is 144 g/mol. The minimum atomic E-state index is 0.764. The van der Waals surface area contributed by atoms with Crippen LogP contribution in [0, 0.1) is 6.08 Å². The zero-order valence-corrected chi connectivity index (χ0v) is 6.36. The molecule has 0 unspecified atom stereocenters. The van der Waals surface area contributed by atoms with Crippen molar-refractivity contribution < 1.29 is 0 Å². The number of halogens is 1. The van der Waals surface area contributed by atoms with E-state index in [-0.39, 0.29) is 0 Å². The summed E-state index contributed by atoms with van der Waals surface area (Å²) in [6.45, 7) is 3.52. The van der Waals surface area contributed by atoms with Crippen LogP contribution in [0.15, 0.2) is 30.8 Å². The second-order valence-corrected chi connectivity index (χ2v) is 2.49. The lowest BCUT2D eigenvalue weighted by molar-refractivity contribution is 1.24. The maximum absolute atomic E-state index is 5.73. The highest BCUT2D eigenvalue weighted by atomic mass is 35.5. The molecule has 1 radical (unpaired) electrons. The molecule has 0 aliphatic heterocycles. The van der Waals surface area contributed by atoms with E-state index < -0.39 is 0 Å². The van der Waals surface area contributed by atoms with Crippen LogP contribution in [0.5, 0.6) is 0 Å². The van der Waals surface area contributed by atoms with Crippen molar-refractivity contribution in [3.05, 3.63) is 47.5 Å². The van der Waals surface area contributed by atoms with E-state index in [1.807, 2.05) is 24.3 Å². The van der Waals surface area contributed by atoms with Crippen molar-refractivity contribution in [3.63, 3.8) is 0 Å². The van der Waals surface area contributed by atoms with Crippen molar-refractivity contribution in [3.8, 4) is 0 Å². The molecule has 0 atom stereocenters. The van der Waals surface area contributed by atoms with Crippen molar-refractivity contribution >= 4 is 11.6 Å². The summed E-state index contributed by atoms with van der Waals surface area (Å²) in [4.78, 5) is 0.